The number of nitrogens with one attached hydrogen (secondary N) is 1. The van der Waals surface area contributed by atoms with E-state index in [-0.39, 0.29) is 11.8 Å². The zero-order valence-electron chi connectivity index (χ0n) is 14.5. The Bertz CT molecular complexity index is 916. The van der Waals surface area contributed by atoms with Gasteiger partial charge in [-0.05, 0) is 42.2 Å². The molecule has 0 bridgehead atoms. The Morgan fingerprint density at radius 1 is 1.15 bits per heavy atom. The molecular formula is C20H20N4O2. The van der Waals surface area contributed by atoms with Crippen molar-refractivity contribution in [3.8, 4) is 22.8 Å². The average Bonchev–Trinajstić information content (AvgIpc) is 3.21. The molecule has 0 spiro atoms. The van der Waals surface area contributed by atoms with Crippen molar-refractivity contribution in [2.45, 2.75) is 19.9 Å². The third kappa shape index (κ3) is 3.36. The van der Waals surface area contributed by atoms with Gasteiger partial charge in [-0.2, -0.15) is 4.98 Å². The van der Waals surface area contributed by atoms with Gasteiger partial charge in [-0.25, -0.2) is 0 Å². The molecule has 0 saturated heterocycles. The molecule has 3 N–H and O–H groups in total. The summed E-state index contributed by atoms with van der Waals surface area (Å²) in [6.07, 6.45) is 0.973. The SMILES string of the molecule is CC1CC1C(=O)Nc1ccc(-c2nc(-c3ccc(CN)cc3)no2)cc1. The summed E-state index contributed by atoms with van der Waals surface area (Å²) in [6.45, 7) is 2.59. The van der Waals surface area contributed by atoms with E-state index in [9.17, 15) is 4.79 Å². The van der Waals surface area contributed by atoms with Gasteiger partial charge in [0.25, 0.3) is 5.89 Å². The van der Waals surface area contributed by atoms with Crippen molar-refractivity contribution in [3.63, 3.8) is 0 Å². The summed E-state index contributed by atoms with van der Waals surface area (Å²) in [5.41, 5.74) is 9.12. The molecule has 3 aromatic rings. The van der Waals surface area contributed by atoms with Crippen molar-refractivity contribution in [2.24, 2.45) is 17.6 Å². The Morgan fingerprint density at radius 2 is 1.81 bits per heavy atom. The Labute approximate surface area is 151 Å². The third-order valence-corrected chi connectivity index (χ3v) is 4.72. The zero-order valence-corrected chi connectivity index (χ0v) is 14.5. The van der Waals surface area contributed by atoms with Crippen molar-refractivity contribution in [3.05, 3.63) is 54.1 Å². The van der Waals surface area contributed by atoms with E-state index in [1.807, 2.05) is 48.5 Å². The van der Waals surface area contributed by atoms with E-state index in [1.54, 1.807) is 0 Å². The first kappa shape index (κ1) is 16.5. The van der Waals surface area contributed by atoms with Crippen LogP contribution < -0.4 is 11.1 Å². The highest BCUT2D eigenvalue weighted by atomic mass is 16.5. The molecule has 6 heteroatoms. The van der Waals surface area contributed by atoms with Gasteiger partial charge in [0.2, 0.25) is 11.7 Å². The fourth-order valence-corrected chi connectivity index (χ4v) is 2.87. The molecule has 1 aromatic heterocycles. The Balaban J connectivity index is 1.47. The highest BCUT2D eigenvalue weighted by molar-refractivity contribution is 5.94. The van der Waals surface area contributed by atoms with E-state index in [4.69, 9.17) is 10.3 Å². The summed E-state index contributed by atoms with van der Waals surface area (Å²) < 4.78 is 5.37. The fraction of sp³-hybridized carbons (Fsp3) is 0.250. The first-order valence-electron chi connectivity index (χ1n) is 8.68. The smallest absolute Gasteiger partial charge is 0.258 e. The Hall–Kier alpha value is -2.99. The summed E-state index contributed by atoms with van der Waals surface area (Å²) in [5.74, 6) is 1.70. The summed E-state index contributed by atoms with van der Waals surface area (Å²) in [5, 5.41) is 6.98. The van der Waals surface area contributed by atoms with Crippen LogP contribution in [-0.2, 0) is 11.3 Å². The zero-order chi connectivity index (χ0) is 18.1. The van der Waals surface area contributed by atoms with Gasteiger partial charge in [0, 0.05) is 29.3 Å². The highest BCUT2D eigenvalue weighted by Gasteiger charge is 2.39. The lowest BCUT2D eigenvalue weighted by Crippen LogP contribution is -2.14. The van der Waals surface area contributed by atoms with Crippen LogP contribution >= 0.6 is 0 Å². The number of carbonyl (C=O) groups is 1. The number of nitrogens with two attached hydrogens (primary N) is 1. The van der Waals surface area contributed by atoms with E-state index in [0.717, 1.165) is 28.8 Å². The van der Waals surface area contributed by atoms with Crippen LogP contribution in [0.5, 0.6) is 0 Å². The Morgan fingerprint density at radius 3 is 2.42 bits per heavy atom. The molecule has 2 atom stereocenters. The maximum Gasteiger partial charge on any atom is 0.258 e. The van der Waals surface area contributed by atoms with Crippen LogP contribution in [0.2, 0.25) is 0 Å². The van der Waals surface area contributed by atoms with Crippen LogP contribution in [0.1, 0.15) is 18.9 Å². The molecule has 6 nitrogen and oxygen atoms in total. The lowest BCUT2D eigenvalue weighted by Gasteiger charge is -2.04. The average molecular weight is 348 g/mol. The minimum Gasteiger partial charge on any atom is -0.334 e. The molecule has 1 aliphatic carbocycles. The molecule has 1 amide bonds. The number of amides is 1. The highest BCUT2D eigenvalue weighted by Crippen LogP contribution is 2.38. The van der Waals surface area contributed by atoms with E-state index >= 15 is 0 Å². The summed E-state index contributed by atoms with van der Waals surface area (Å²) in [7, 11) is 0. The van der Waals surface area contributed by atoms with Crippen molar-refractivity contribution < 1.29 is 9.32 Å². The molecule has 1 fully saturated rings. The van der Waals surface area contributed by atoms with Gasteiger partial charge in [0.05, 0.1) is 0 Å². The number of rotatable bonds is 5. The predicted molar refractivity (Wildman–Crippen MR) is 99.0 cm³/mol. The first-order chi connectivity index (χ1) is 12.6. The largest absolute Gasteiger partial charge is 0.334 e. The molecule has 1 aliphatic rings. The second kappa shape index (κ2) is 6.72. The van der Waals surface area contributed by atoms with Crippen LogP contribution in [0.25, 0.3) is 22.8 Å². The molecular weight excluding hydrogens is 328 g/mol. The van der Waals surface area contributed by atoms with Crippen molar-refractivity contribution in [1.82, 2.24) is 10.1 Å². The summed E-state index contributed by atoms with van der Waals surface area (Å²) in [6, 6.07) is 15.2. The van der Waals surface area contributed by atoms with E-state index in [2.05, 4.69) is 22.4 Å². The normalized spacial score (nSPS) is 18.5. The topological polar surface area (TPSA) is 94.0 Å². The molecule has 1 heterocycles. The number of benzene rings is 2. The molecule has 0 aliphatic heterocycles. The van der Waals surface area contributed by atoms with Crippen LogP contribution in [0.3, 0.4) is 0 Å². The van der Waals surface area contributed by atoms with E-state index in [0.29, 0.717) is 24.2 Å². The van der Waals surface area contributed by atoms with Crippen molar-refractivity contribution >= 4 is 11.6 Å². The van der Waals surface area contributed by atoms with E-state index in [1.165, 1.54) is 0 Å². The molecule has 0 radical (unpaired) electrons. The summed E-state index contributed by atoms with van der Waals surface area (Å²) in [4.78, 5) is 16.4. The lowest BCUT2D eigenvalue weighted by molar-refractivity contribution is -0.117. The van der Waals surface area contributed by atoms with Gasteiger partial charge in [0.15, 0.2) is 0 Å². The number of carbonyl (C=O) groups excluding carboxylic acids is 1. The van der Waals surface area contributed by atoms with Gasteiger partial charge < -0.3 is 15.6 Å². The minimum absolute atomic E-state index is 0.0891. The van der Waals surface area contributed by atoms with E-state index < -0.39 is 0 Å². The van der Waals surface area contributed by atoms with Gasteiger partial charge in [-0.1, -0.05) is 36.3 Å². The molecule has 2 aromatic carbocycles. The monoisotopic (exact) mass is 348 g/mol. The lowest BCUT2D eigenvalue weighted by atomic mass is 10.1. The van der Waals surface area contributed by atoms with Gasteiger partial charge in [0.1, 0.15) is 0 Å². The second-order valence-electron chi connectivity index (χ2n) is 6.71. The maximum absolute atomic E-state index is 12.0. The minimum atomic E-state index is 0.0891. The van der Waals surface area contributed by atoms with Crippen LogP contribution in [0, 0.1) is 11.8 Å². The number of hydrogen-bond donors (Lipinski definition) is 2. The molecule has 2 unspecified atom stereocenters. The van der Waals surface area contributed by atoms with Crippen LogP contribution in [-0.4, -0.2) is 16.0 Å². The van der Waals surface area contributed by atoms with Gasteiger partial charge in [-0.15, -0.1) is 0 Å². The fourth-order valence-electron chi connectivity index (χ4n) is 2.87. The molecule has 132 valence electrons. The second-order valence-corrected chi connectivity index (χ2v) is 6.71. The van der Waals surface area contributed by atoms with Gasteiger partial charge in [-0.3, -0.25) is 4.79 Å². The predicted octanol–water partition coefficient (Wildman–Crippen LogP) is 3.46. The van der Waals surface area contributed by atoms with Gasteiger partial charge >= 0.3 is 0 Å². The Kier molecular flexibility index (Phi) is 4.26. The molecule has 4 rings (SSSR count). The first-order valence-corrected chi connectivity index (χ1v) is 8.68. The van der Waals surface area contributed by atoms with Crippen LogP contribution in [0.15, 0.2) is 53.1 Å². The number of nitrogens with zero attached hydrogens (tertiary/aromatic N) is 2. The van der Waals surface area contributed by atoms with Crippen LogP contribution in [0.4, 0.5) is 5.69 Å². The molecule has 1 saturated carbocycles. The standard InChI is InChI=1S/C20H20N4O2/c1-12-10-17(12)19(25)22-16-8-6-15(7-9-16)20-23-18(24-26-20)14-4-2-13(11-21)3-5-14/h2-9,12,17H,10-11,21H2,1H3,(H,22,25). The van der Waals surface area contributed by atoms with Crippen molar-refractivity contribution in [2.75, 3.05) is 5.32 Å². The quantitative estimate of drug-likeness (QED) is 0.736. The summed E-state index contributed by atoms with van der Waals surface area (Å²) >= 11 is 0. The third-order valence-electron chi connectivity index (χ3n) is 4.72. The number of aromatic nitrogens is 2. The number of anilines is 1. The maximum atomic E-state index is 12.0. The van der Waals surface area contributed by atoms with Crippen molar-refractivity contribution in [1.29, 1.82) is 0 Å². The number of hydrogen-bond acceptors (Lipinski definition) is 5. The molecule has 26 heavy (non-hydrogen) atoms.